The molecule has 0 unspecified atom stereocenters. The molecule has 1 aromatic carbocycles. The van der Waals surface area contributed by atoms with E-state index >= 15 is 0 Å². The summed E-state index contributed by atoms with van der Waals surface area (Å²) in [4.78, 5) is 6.40. The summed E-state index contributed by atoms with van der Waals surface area (Å²) in [6.45, 7) is -0.829. The van der Waals surface area contributed by atoms with Crippen LogP contribution in [-0.4, -0.2) is 40.2 Å². The van der Waals surface area contributed by atoms with Crippen LogP contribution in [0.4, 0.5) is 8.78 Å². The second kappa shape index (κ2) is 7.25. The summed E-state index contributed by atoms with van der Waals surface area (Å²) in [6, 6.07) is 8.92. The van der Waals surface area contributed by atoms with Crippen molar-refractivity contribution >= 4 is 10.9 Å². The maximum atomic E-state index is 12.6. The van der Waals surface area contributed by atoms with Gasteiger partial charge >= 0.3 is 6.61 Å². The van der Waals surface area contributed by atoms with Crippen molar-refractivity contribution in [3.63, 3.8) is 0 Å². The number of rotatable bonds is 5. The Kier molecular flexibility index (Phi) is 4.80. The lowest BCUT2D eigenvalue weighted by Gasteiger charge is -2.18. The third-order valence-corrected chi connectivity index (χ3v) is 5.25. The Balaban J connectivity index is 1.56. The van der Waals surface area contributed by atoms with Crippen LogP contribution >= 0.6 is 0 Å². The van der Waals surface area contributed by atoms with E-state index < -0.39 is 6.61 Å². The van der Waals surface area contributed by atoms with Gasteiger partial charge in [0, 0.05) is 62.0 Å². The normalized spacial score (nSPS) is 20.6. The van der Waals surface area contributed by atoms with E-state index in [0.29, 0.717) is 13.1 Å². The van der Waals surface area contributed by atoms with Crippen molar-refractivity contribution < 1.29 is 13.5 Å². The van der Waals surface area contributed by atoms with Gasteiger partial charge in [-0.1, -0.05) is 18.2 Å². The highest BCUT2D eigenvalue weighted by Crippen LogP contribution is 2.34. The Bertz CT molecular complexity index is 943. The van der Waals surface area contributed by atoms with Gasteiger partial charge in [-0.3, -0.25) is 9.88 Å². The van der Waals surface area contributed by atoms with Crippen LogP contribution in [0.25, 0.3) is 10.9 Å². The zero-order valence-electron chi connectivity index (χ0n) is 15.1. The van der Waals surface area contributed by atoms with Crippen molar-refractivity contribution in [2.24, 2.45) is 12.8 Å². The molecule has 0 radical (unpaired) electrons. The summed E-state index contributed by atoms with van der Waals surface area (Å²) in [5.74, 6) is 0.403. The van der Waals surface area contributed by atoms with Gasteiger partial charge in [0.15, 0.2) is 0 Å². The van der Waals surface area contributed by atoms with Gasteiger partial charge in [-0.05, 0) is 17.7 Å². The Labute approximate surface area is 156 Å². The quantitative estimate of drug-likeness (QED) is 0.748. The van der Waals surface area contributed by atoms with Crippen LogP contribution in [0.3, 0.4) is 0 Å². The number of aryl methyl sites for hydroxylation is 1. The molecule has 5 nitrogen and oxygen atoms in total. The highest BCUT2D eigenvalue weighted by Gasteiger charge is 2.33. The maximum absolute atomic E-state index is 12.6. The molecule has 1 fully saturated rings. The second-order valence-corrected chi connectivity index (χ2v) is 7.04. The largest absolute Gasteiger partial charge is 0.434 e. The van der Waals surface area contributed by atoms with Gasteiger partial charge in [0.05, 0.1) is 11.7 Å². The van der Waals surface area contributed by atoms with Crippen LogP contribution in [-0.2, 0) is 13.6 Å². The lowest BCUT2D eigenvalue weighted by molar-refractivity contribution is -0.0507. The van der Waals surface area contributed by atoms with Crippen LogP contribution in [0, 0.1) is 0 Å². The average Bonchev–Trinajstić information content (AvgIpc) is 3.16. The number of para-hydroxylation sites is 1. The van der Waals surface area contributed by atoms with Crippen LogP contribution in [0.1, 0.15) is 17.0 Å². The van der Waals surface area contributed by atoms with E-state index in [4.69, 9.17) is 5.73 Å². The number of halogens is 2. The van der Waals surface area contributed by atoms with Gasteiger partial charge in [0.25, 0.3) is 0 Å². The van der Waals surface area contributed by atoms with Crippen molar-refractivity contribution in [2.45, 2.75) is 25.1 Å². The Morgan fingerprint density at radius 1 is 1.26 bits per heavy atom. The monoisotopic (exact) mass is 372 g/mol. The molecule has 7 heteroatoms. The van der Waals surface area contributed by atoms with Crippen molar-refractivity contribution in [3.05, 3.63) is 60.0 Å². The van der Waals surface area contributed by atoms with Crippen LogP contribution < -0.4 is 10.5 Å². The maximum Gasteiger partial charge on any atom is 0.387 e. The van der Waals surface area contributed by atoms with E-state index in [2.05, 4.69) is 25.4 Å². The minimum atomic E-state index is -2.83. The molecule has 142 valence electrons. The molecule has 3 heterocycles. The first kappa shape index (κ1) is 17.9. The highest BCUT2D eigenvalue weighted by molar-refractivity contribution is 5.83. The summed E-state index contributed by atoms with van der Waals surface area (Å²) in [6.07, 6.45) is 5.77. The minimum Gasteiger partial charge on any atom is -0.434 e. The molecular formula is C20H22F2N4O. The molecule has 1 aliphatic heterocycles. The van der Waals surface area contributed by atoms with E-state index in [1.165, 1.54) is 5.56 Å². The summed E-state index contributed by atoms with van der Waals surface area (Å²) >= 11 is 0. The van der Waals surface area contributed by atoms with Crippen LogP contribution in [0.5, 0.6) is 5.75 Å². The first-order chi connectivity index (χ1) is 13.0. The number of nitrogens with zero attached hydrogens (tertiary/aromatic N) is 3. The van der Waals surface area contributed by atoms with Crippen molar-refractivity contribution in [1.29, 1.82) is 0 Å². The molecule has 27 heavy (non-hydrogen) atoms. The number of likely N-dealkylation sites (tertiary alicyclic amines) is 1. The predicted octanol–water partition coefficient (Wildman–Crippen LogP) is 3.10. The minimum absolute atomic E-state index is 0.0213. The van der Waals surface area contributed by atoms with Gasteiger partial charge in [0.2, 0.25) is 0 Å². The molecule has 2 atom stereocenters. The molecule has 2 aromatic heterocycles. The van der Waals surface area contributed by atoms with Crippen LogP contribution in [0.2, 0.25) is 0 Å². The fraction of sp³-hybridized carbons (Fsp3) is 0.350. The summed E-state index contributed by atoms with van der Waals surface area (Å²) < 4.78 is 32.0. The number of aromatic nitrogens is 2. The van der Waals surface area contributed by atoms with Crippen molar-refractivity contribution in [2.75, 3.05) is 13.1 Å². The van der Waals surface area contributed by atoms with E-state index in [-0.39, 0.29) is 17.7 Å². The number of pyridine rings is 1. The SMILES string of the molecule is Cn1cc([C@@H]2CN(Cc3ccccc3OC(F)F)C[C@H]2N)c2ccncc21. The Hall–Kier alpha value is -2.51. The summed E-state index contributed by atoms with van der Waals surface area (Å²) in [7, 11) is 2.00. The van der Waals surface area contributed by atoms with Gasteiger partial charge in [-0.25, -0.2) is 0 Å². The van der Waals surface area contributed by atoms with Crippen molar-refractivity contribution in [3.8, 4) is 5.75 Å². The van der Waals surface area contributed by atoms with E-state index in [1.54, 1.807) is 18.3 Å². The Morgan fingerprint density at radius 3 is 2.89 bits per heavy atom. The fourth-order valence-corrected chi connectivity index (χ4v) is 4.01. The molecule has 0 aliphatic carbocycles. The fourth-order valence-electron chi connectivity index (χ4n) is 4.01. The lowest BCUT2D eigenvalue weighted by Crippen LogP contribution is -2.28. The number of fused-ring (bicyclic) bond motifs is 1. The zero-order valence-corrected chi connectivity index (χ0v) is 15.1. The van der Waals surface area contributed by atoms with Gasteiger partial charge < -0.3 is 15.0 Å². The molecule has 0 spiro atoms. The lowest BCUT2D eigenvalue weighted by atomic mass is 9.95. The summed E-state index contributed by atoms with van der Waals surface area (Å²) in [5, 5.41) is 1.16. The first-order valence-corrected chi connectivity index (χ1v) is 8.92. The molecule has 2 N–H and O–H groups in total. The molecule has 3 aromatic rings. The first-order valence-electron chi connectivity index (χ1n) is 8.92. The molecule has 1 saturated heterocycles. The van der Waals surface area contributed by atoms with Crippen molar-refractivity contribution in [1.82, 2.24) is 14.5 Å². The molecule has 1 aliphatic rings. The number of nitrogens with two attached hydrogens (primary N) is 1. The summed E-state index contributed by atoms with van der Waals surface area (Å²) in [5.41, 5.74) is 9.49. The number of benzene rings is 1. The van der Waals surface area contributed by atoms with Gasteiger partial charge in [0.1, 0.15) is 5.75 Å². The number of alkyl halides is 2. The number of ether oxygens (including phenoxy) is 1. The third kappa shape index (κ3) is 3.52. The standard InChI is InChI=1S/C20H22F2N4O/c1-25-10-15(14-6-7-24-8-18(14)25)16-11-26(12-17(16)23)9-13-4-2-3-5-19(13)27-20(21)22/h2-8,10,16-17,20H,9,11-12,23H2,1H3/t16-,17+/m0/s1. The van der Waals surface area contributed by atoms with Gasteiger partial charge in [-0.15, -0.1) is 0 Å². The Morgan fingerprint density at radius 2 is 2.07 bits per heavy atom. The van der Waals surface area contributed by atoms with E-state index in [0.717, 1.165) is 23.0 Å². The molecule has 4 rings (SSSR count). The number of hydrogen-bond donors (Lipinski definition) is 1. The van der Waals surface area contributed by atoms with E-state index in [1.807, 2.05) is 31.4 Å². The predicted molar refractivity (Wildman–Crippen MR) is 99.8 cm³/mol. The second-order valence-electron chi connectivity index (χ2n) is 7.04. The average molecular weight is 372 g/mol. The molecule has 0 bridgehead atoms. The third-order valence-electron chi connectivity index (χ3n) is 5.25. The molecule has 0 saturated carbocycles. The van der Waals surface area contributed by atoms with Gasteiger partial charge in [-0.2, -0.15) is 8.78 Å². The van der Waals surface area contributed by atoms with Crippen LogP contribution in [0.15, 0.2) is 48.9 Å². The van der Waals surface area contributed by atoms with E-state index in [9.17, 15) is 8.78 Å². The smallest absolute Gasteiger partial charge is 0.387 e. The zero-order chi connectivity index (χ0) is 19.0. The topological polar surface area (TPSA) is 56.3 Å². The highest BCUT2D eigenvalue weighted by atomic mass is 19.3. The molecular weight excluding hydrogens is 350 g/mol. The molecule has 0 amide bonds. The number of hydrogen-bond acceptors (Lipinski definition) is 4.